The van der Waals surface area contributed by atoms with Gasteiger partial charge in [-0.1, -0.05) is 27.7 Å². The smallest absolute Gasteiger partial charge is 0.220 e. The third kappa shape index (κ3) is 5.21. The SMILES string of the molecule is CC(CC(=O)NCc1cn[nH]c1N)CC(C)(C)C. The number of nitrogens with two attached hydrogens (primary N) is 1. The number of rotatable bonds is 5. The molecule has 1 unspecified atom stereocenters. The van der Waals surface area contributed by atoms with Crippen LogP contribution in [0.5, 0.6) is 0 Å². The standard InChI is InChI=1S/C13H24N4O/c1-9(6-13(2,3)4)5-11(18)15-7-10-8-16-17-12(10)14/h8-9H,5-7H2,1-4H3,(H,15,18)(H3,14,16,17). The summed E-state index contributed by atoms with van der Waals surface area (Å²) in [6.07, 6.45) is 3.22. The van der Waals surface area contributed by atoms with Gasteiger partial charge in [-0.3, -0.25) is 9.89 Å². The van der Waals surface area contributed by atoms with Gasteiger partial charge in [0.1, 0.15) is 5.82 Å². The van der Waals surface area contributed by atoms with Gasteiger partial charge in [-0.15, -0.1) is 0 Å². The van der Waals surface area contributed by atoms with Crippen molar-refractivity contribution >= 4 is 11.7 Å². The molecule has 5 nitrogen and oxygen atoms in total. The highest BCUT2D eigenvalue weighted by molar-refractivity contribution is 5.76. The number of aromatic nitrogens is 2. The van der Waals surface area contributed by atoms with Gasteiger partial charge in [-0.2, -0.15) is 5.10 Å². The lowest BCUT2D eigenvalue weighted by Crippen LogP contribution is -2.26. The van der Waals surface area contributed by atoms with Crippen LogP contribution in [0, 0.1) is 11.3 Å². The molecule has 0 aliphatic carbocycles. The van der Waals surface area contributed by atoms with Gasteiger partial charge < -0.3 is 11.1 Å². The molecular formula is C13H24N4O. The minimum atomic E-state index is 0.0624. The first-order valence-electron chi connectivity index (χ1n) is 6.32. The summed E-state index contributed by atoms with van der Waals surface area (Å²) in [4.78, 5) is 11.8. The van der Waals surface area contributed by atoms with Gasteiger partial charge in [0.25, 0.3) is 0 Å². The maximum atomic E-state index is 11.8. The summed E-state index contributed by atoms with van der Waals surface area (Å²) >= 11 is 0. The first-order valence-corrected chi connectivity index (χ1v) is 6.32. The van der Waals surface area contributed by atoms with Crippen LogP contribution in [0.4, 0.5) is 5.82 Å². The van der Waals surface area contributed by atoms with Gasteiger partial charge >= 0.3 is 0 Å². The number of H-pyrrole nitrogens is 1. The van der Waals surface area contributed by atoms with Crippen LogP contribution in [0.25, 0.3) is 0 Å². The molecule has 1 aromatic heterocycles. The highest BCUT2D eigenvalue weighted by Gasteiger charge is 2.17. The van der Waals surface area contributed by atoms with Crippen molar-refractivity contribution in [1.82, 2.24) is 15.5 Å². The number of amides is 1. The number of anilines is 1. The number of nitrogens with one attached hydrogen (secondary N) is 2. The molecule has 1 amide bonds. The second kappa shape index (κ2) is 5.89. The predicted octanol–water partition coefficient (Wildman–Crippen LogP) is 2.07. The average molecular weight is 252 g/mol. The number of hydrogen-bond acceptors (Lipinski definition) is 3. The number of nitrogens with zero attached hydrogens (tertiary/aromatic N) is 1. The summed E-state index contributed by atoms with van der Waals surface area (Å²) in [6.45, 7) is 9.11. The van der Waals surface area contributed by atoms with Crippen LogP contribution >= 0.6 is 0 Å². The minimum Gasteiger partial charge on any atom is -0.384 e. The summed E-state index contributed by atoms with van der Waals surface area (Å²) in [5.74, 6) is 0.956. The maximum absolute atomic E-state index is 11.8. The van der Waals surface area contributed by atoms with E-state index in [2.05, 4.69) is 43.2 Å². The van der Waals surface area contributed by atoms with Crippen LogP contribution < -0.4 is 11.1 Å². The Hall–Kier alpha value is -1.52. The monoisotopic (exact) mass is 252 g/mol. The van der Waals surface area contributed by atoms with Gasteiger partial charge in [0.15, 0.2) is 0 Å². The van der Waals surface area contributed by atoms with Crippen LogP contribution in [0.15, 0.2) is 6.20 Å². The molecular weight excluding hydrogens is 228 g/mol. The lowest BCUT2D eigenvalue weighted by molar-refractivity contribution is -0.122. The summed E-state index contributed by atoms with van der Waals surface area (Å²) < 4.78 is 0. The summed E-state index contributed by atoms with van der Waals surface area (Å²) in [5, 5.41) is 9.31. The van der Waals surface area contributed by atoms with Gasteiger partial charge in [0.05, 0.1) is 6.20 Å². The van der Waals surface area contributed by atoms with Crippen LogP contribution in [0.3, 0.4) is 0 Å². The highest BCUT2D eigenvalue weighted by Crippen LogP contribution is 2.25. The van der Waals surface area contributed by atoms with Crippen LogP contribution in [0.1, 0.15) is 46.1 Å². The Kier molecular flexibility index (Phi) is 4.76. The lowest BCUT2D eigenvalue weighted by Gasteiger charge is -2.22. The third-order valence-electron chi connectivity index (χ3n) is 2.72. The van der Waals surface area contributed by atoms with E-state index in [1.807, 2.05) is 0 Å². The molecule has 5 heteroatoms. The van der Waals surface area contributed by atoms with E-state index in [-0.39, 0.29) is 11.3 Å². The quantitative estimate of drug-likeness (QED) is 0.750. The van der Waals surface area contributed by atoms with Crippen LogP contribution in [0.2, 0.25) is 0 Å². The largest absolute Gasteiger partial charge is 0.384 e. The zero-order valence-electron chi connectivity index (χ0n) is 11.7. The zero-order valence-corrected chi connectivity index (χ0v) is 11.7. The van der Waals surface area contributed by atoms with E-state index < -0.39 is 0 Å². The Morgan fingerprint density at radius 3 is 2.72 bits per heavy atom. The average Bonchev–Trinajstić information content (AvgIpc) is 2.57. The fourth-order valence-corrected chi connectivity index (χ4v) is 2.16. The van der Waals surface area contributed by atoms with E-state index in [0.717, 1.165) is 12.0 Å². The molecule has 1 heterocycles. The van der Waals surface area contributed by atoms with E-state index in [4.69, 9.17) is 5.73 Å². The van der Waals surface area contributed by atoms with E-state index in [9.17, 15) is 4.79 Å². The number of hydrogen-bond donors (Lipinski definition) is 3. The van der Waals surface area contributed by atoms with Gasteiger partial charge in [-0.05, 0) is 17.8 Å². The second-order valence-electron chi connectivity index (χ2n) is 6.16. The normalized spacial score (nSPS) is 13.3. The van der Waals surface area contributed by atoms with Crippen LogP contribution in [-0.4, -0.2) is 16.1 Å². The maximum Gasteiger partial charge on any atom is 0.220 e. The highest BCUT2D eigenvalue weighted by atomic mass is 16.1. The molecule has 0 aromatic carbocycles. The topological polar surface area (TPSA) is 83.8 Å². The Morgan fingerprint density at radius 1 is 1.56 bits per heavy atom. The van der Waals surface area contributed by atoms with Crippen LogP contribution in [-0.2, 0) is 11.3 Å². The molecule has 0 saturated heterocycles. The lowest BCUT2D eigenvalue weighted by atomic mass is 9.84. The molecule has 1 atom stereocenters. The first kappa shape index (κ1) is 14.5. The molecule has 0 aliphatic heterocycles. The Labute approximate surface area is 109 Å². The third-order valence-corrected chi connectivity index (χ3v) is 2.72. The van der Waals surface area contributed by atoms with E-state index in [1.54, 1.807) is 6.20 Å². The van der Waals surface area contributed by atoms with Crippen molar-refractivity contribution in [2.24, 2.45) is 11.3 Å². The van der Waals surface area contributed by atoms with Crippen molar-refractivity contribution < 1.29 is 4.79 Å². The van der Waals surface area contributed by atoms with Crippen molar-refractivity contribution in [2.45, 2.75) is 47.1 Å². The minimum absolute atomic E-state index is 0.0624. The molecule has 0 fully saturated rings. The second-order valence-corrected chi connectivity index (χ2v) is 6.16. The molecule has 0 spiro atoms. The van der Waals surface area contributed by atoms with Crippen molar-refractivity contribution in [2.75, 3.05) is 5.73 Å². The predicted molar refractivity (Wildman–Crippen MR) is 72.7 cm³/mol. The van der Waals surface area contributed by atoms with Gasteiger partial charge in [0, 0.05) is 18.5 Å². The summed E-state index contributed by atoms with van der Waals surface area (Å²) in [5.41, 5.74) is 6.73. The first-order chi connectivity index (χ1) is 8.28. The van der Waals surface area contributed by atoms with Gasteiger partial charge in [-0.25, -0.2) is 0 Å². The fourth-order valence-electron chi connectivity index (χ4n) is 2.16. The molecule has 4 N–H and O–H groups in total. The molecule has 102 valence electrons. The van der Waals surface area contributed by atoms with E-state index >= 15 is 0 Å². The zero-order chi connectivity index (χ0) is 13.8. The van der Waals surface area contributed by atoms with Crippen molar-refractivity contribution in [3.05, 3.63) is 11.8 Å². The Bertz CT molecular complexity index is 392. The number of carbonyl (C=O) groups excluding carboxylic acids is 1. The summed E-state index contributed by atoms with van der Waals surface area (Å²) in [7, 11) is 0. The fraction of sp³-hybridized carbons (Fsp3) is 0.692. The molecule has 1 aromatic rings. The number of carbonyl (C=O) groups is 1. The Balaban J connectivity index is 2.32. The molecule has 0 radical (unpaired) electrons. The van der Waals surface area contributed by atoms with E-state index in [0.29, 0.717) is 24.7 Å². The van der Waals surface area contributed by atoms with Crippen molar-refractivity contribution in [1.29, 1.82) is 0 Å². The van der Waals surface area contributed by atoms with Gasteiger partial charge in [0.2, 0.25) is 5.91 Å². The molecule has 18 heavy (non-hydrogen) atoms. The van der Waals surface area contributed by atoms with E-state index in [1.165, 1.54) is 0 Å². The molecule has 0 aliphatic rings. The van der Waals surface area contributed by atoms with Crippen molar-refractivity contribution in [3.8, 4) is 0 Å². The number of nitrogen functional groups attached to an aromatic ring is 1. The van der Waals surface area contributed by atoms with Crippen molar-refractivity contribution in [3.63, 3.8) is 0 Å². The Morgan fingerprint density at radius 2 is 2.22 bits per heavy atom. The number of aromatic amines is 1. The summed E-state index contributed by atoms with van der Waals surface area (Å²) in [6, 6.07) is 0. The molecule has 1 rings (SSSR count). The molecule has 0 saturated carbocycles. The molecule has 0 bridgehead atoms.